The minimum Gasteiger partial charge on any atom is -0.478 e. The van der Waals surface area contributed by atoms with Crippen LogP contribution < -0.4 is 5.32 Å². The smallest absolute Gasteiger partial charge is 0.335 e. The average Bonchev–Trinajstić information content (AvgIpc) is 2.73. The largest absolute Gasteiger partial charge is 0.478 e. The number of aromatic carboxylic acids is 1. The Kier molecular flexibility index (Phi) is 12.3. The maximum absolute atomic E-state index is 13.0. The standard InChI is InChI=1S/C21H23I3N2O10/c1-11(27)26(9-17(35-13(3)29)10-34-12(2)28)21(24,36-14(4)30)20(22,23)25-18(31)15-5-7-16(8-6-15)19(32)33/h5-8,17H,9-10H2,1-4H3,(H,25,31)(H,32,33). The fraction of sp³-hybridized carbons (Fsp3) is 0.429. The minimum absolute atomic E-state index is 0.0167. The molecule has 1 aromatic carbocycles. The predicted molar refractivity (Wildman–Crippen MR) is 150 cm³/mol. The van der Waals surface area contributed by atoms with E-state index in [9.17, 15) is 28.8 Å². The molecule has 0 bridgehead atoms. The number of ether oxygens (including phenoxy) is 3. The van der Waals surface area contributed by atoms with Gasteiger partial charge in [0.1, 0.15) is 6.61 Å². The number of hydrogen-bond acceptors (Lipinski definition) is 9. The Bertz CT molecular complexity index is 1030. The molecule has 0 heterocycles. The minimum atomic E-state index is -1.87. The number of carboxylic acid groups (broad SMARTS) is 1. The van der Waals surface area contributed by atoms with Gasteiger partial charge in [-0.2, -0.15) is 0 Å². The molecule has 0 aliphatic heterocycles. The molecule has 198 valence electrons. The third-order valence-electron chi connectivity index (χ3n) is 4.25. The Morgan fingerprint density at radius 3 is 1.86 bits per heavy atom. The first-order chi connectivity index (χ1) is 16.5. The van der Waals surface area contributed by atoms with Crippen LogP contribution in [0.1, 0.15) is 48.4 Å². The van der Waals surface area contributed by atoms with Crippen LogP contribution in [-0.4, -0.2) is 70.2 Å². The van der Waals surface area contributed by atoms with E-state index in [0.29, 0.717) is 0 Å². The second-order valence-electron chi connectivity index (χ2n) is 7.23. The summed E-state index contributed by atoms with van der Waals surface area (Å²) in [5.74, 6) is -4.53. The van der Waals surface area contributed by atoms with Crippen molar-refractivity contribution in [3.8, 4) is 0 Å². The monoisotopic (exact) mass is 844 g/mol. The number of nitrogens with one attached hydrogen (secondary N) is 1. The Labute approximate surface area is 247 Å². The fourth-order valence-corrected chi connectivity index (χ4v) is 5.03. The van der Waals surface area contributed by atoms with Crippen LogP contribution in [0.5, 0.6) is 0 Å². The highest BCUT2D eigenvalue weighted by molar-refractivity contribution is 14.2. The number of nitrogens with zero attached hydrogens (tertiary/aromatic N) is 1. The van der Waals surface area contributed by atoms with E-state index in [-0.39, 0.29) is 24.3 Å². The van der Waals surface area contributed by atoms with Crippen molar-refractivity contribution in [2.75, 3.05) is 13.2 Å². The lowest BCUT2D eigenvalue weighted by molar-refractivity contribution is -0.173. The number of halogens is 3. The zero-order valence-electron chi connectivity index (χ0n) is 19.5. The lowest BCUT2D eigenvalue weighted by Crippen LogP contribution is -2.66. The molecular weight excluding hydrogens is 821 g/mol. The van der Waals surface area contributed by atoms with E-state index in [1.165, 1.54) is 31.2 Å². The molecule has 0 saturated carbocycles. The normalized spacial score (nSPS) is 13.4. The molecule has 0 aromatic heterocycles. The highest BCUT2D eigenvalue weighted by Crippen LogP contribution is 2.47. The van der Waals surface area contributed by atoms with E-state index < -0.39 is 47.1 Å². The van der Waals surface area contributed by atoms with Crippen molar-refractivity contribution < 1.29 is 48.1 Å². The maximum atomic E-state index is 13.0. The van der Waals surface area contributed by atoms with E-state index in [1.807, 2.05) is 0 Å². The molecule has 0 aliphatic carbocycles. The highest BCUT2D eigenvalue weighted by Gasteiger charge is 2.57. The zero-order chi connectivity index (χ0) is 27.8. The van der Waals surface area contributed by atoms with Crippen molar-refractivity contribution in [1.29, 1.82) is 0 Å². The molecule has 2 N–H and O–H groups in total. The molecule has 0 aliphatic rings. The van der Waals surface area contributed by atoms with Crippen LogP contribution in [0.15, 0.2) is 24.3 Å². The molecule has 0 spiro atoms. The molecule has 2 unspecified atom stereocenters. The Hall–Kier alpha value is -1.77. The third kappa shape index (κ3) is 9.27. The molecule has 1 aromatic rings. The molecule has 2 atom stereocenters. The molecule has 2 amide bonds. The summed E-state index contributed by atoms with van der Waals surface area (Å²) in [4.78, 5) is 72.8. The quantitative estimate of drug-likeness (QED) is 0.0846. The molecule has 12 nitrogen and oxygen atoms in total. The van der Waals surface area contributed by atoms with Gasteiger partial charge in [-0.05, 0) is 92.0 Å². The summed E-state index contributed by atoms with van der Waals surface area (Å²) < 4.78 is 12.3. The van der Waals surface area contributed by atoms with E-state index in [4.69, 9.17) is 19.3 Å². The van der Waals surface area contributed by atoms with Crippen molar-refractivity contribution in [2.45, 2.75) is 39.1 Å². The van der Waals surface area contributed by atoms with Gasteiger partial charge in [-0.3, -0.25) is 28.9 Å². The van der Waals surface area contributed by atoms with Gasteiger partial charge in [-0.15, -0.1) is 0 Å². The first-order valence-electron chi connectivity index (χ1n) is 10.0. The first kappa shape index (κ1) is 32.3. The van der Waals surface area contributed by atoms with E-state index in [1.54, 1.807) is 67.8 Å². The predicted octanol–water partition coefficient (Wildman–Crippen LogP) is 2.63. The van der Waals surface area contributed by atoms with Gasteiger partial charge in [0, 0.05) is 33.3 Å². The van der Waals surface area contributed by atoms with Gasteiger partial charge in [0.25, 0.3) is 9.64 Å². The van der Waals surface area contributed by atoms with Crippen molar-refractivity contribution in [3.05, 3.63) is 35.4 Å². The summed E-state index contributed by atoms with van der Waals surface area (Å²) in [7, 11) is 0. The van der Waals surface area contributed by atoms with E-state index in [0.717, 1.165) is 25.7 Å². The second-order valence-corrected chi connectivity index (χ2v) is 14.0. The molecule has 0 saturated heterocycles. The molecule has 1 rings (SSSR count). The molecule has 15 heteroatoms. The van der Waals surface area contributed by atoms with Crippen LogP contribution in [0.25, 0.3) is 0 Å². The Morgan fingerprint density at radius 1 is 0.917 bits per heavy atom. The Morgan fingerprint density at radius 2 is 1.44 bits per heavy atom. The topological polar surface area (TPSA) is 166 Å². The van der Waals surface area contributed by atoms with Crippen LogP contribution >= 0.6 is 67.8 Å². The number of carbonyl (C=O) groups is 6. The van der Waals surface area contributed by atoms with Crippen LogP contribution in [0.2, 0.25) is 0 Å². The van der Waals surface area contributed by atoms with Crippen molar-refractivity contribution in [3.63, 3.8) is 0 Å². The number of amides is 2. The van der Waals surface area contributed by atoms with Gasteiger partial charge < -0.3 is 24.6 Å². The van der Waals surface area contributed by atoms with Gasteiger partial charge in [0.05, 0.1) is 12.1 Å². The highest BCUT2D eigenvalue weighted by atomic mass is 127. The number of rotatable bonds is 11. The van der Waals surface area contributed by atoms with Gasteiger partial charge in [0.2, 0.25) is 7.46 Å². The first-order valence-corrected chi connectivity index (χ1v) is 13.2. The van der Waals surface area contributed by atoms with E-state index >= 15 is 0 Å². The number of carboxylic acids is 1. The van der Waals surface area contributed by atoms with E-state index in [2.05, 4.69) is 5.32 Å². The van der Waals surface area contributed by atoms with Crippen LogP contribution in [0, 0.1) is 0 Å². The van der Waals surface area contributed by atoms with Crippen LogP contribution in [-0.2, 0) is 33.4 Å². The summed E-state index contributed by atoms with van der Waals surface area (Å²) in [6.07, 6.45) is -1.11. The van der Waals surface area contributed by atoms with Crippen LogP contribution in [0.3, 0.4) is 0 Å². The third-order valence-corrected chi connectivity index (χ3v) is 9.93. The zero-order valence-corrected chi connectivity index (χ0v) is 26.0. The number of carbonyl (C=O) groups excluding carboxylic acids is 5. The second kappa shape index (κ2) is 13.7. The van der Waals surface area contributed by atoms with Crippen molar-refractivity contribution in [1.82, 2.24) is 10.2 Å². The number of benzene rings is 1. The van der Waals surface area contributed by atoms with Gasteiger partial charge >= 0.3 is 23.9 Å². The van der Waals surface area contributed by atoms with Gasteiger partial charge in [-0.1, -0.05) is 0 Å². The molecule has 0 fully saturated rings. The van der Waals surface area contributed by atoms with Gasteiger partial charge in [-0.25, -0.2) is 4.79 Å². The summed E-state index contributed by atoms with van der Waals surface area (Å²) in [5.41, 5.74) is 0.0956. The number of hydrogen-bond donors (Lipinski definition) is 2. The maximum Gasteiger partial charge on any atom is 0.335 e. The summed E-state index contributed by atoms with van der Waals surface area (Å²) in [6, 6.07) is 5.12. The molecular formula is C21H23I3N2O10. The number of esters is 3. The average molecular weight is 844 g/mol. The Balaban J connectivity index is 3.38. The van der Waals surface area contributed by atoms with Crippen LogP contribution in [0.4, 0.5) is 0 Å². The number of alkyl halides is 3. The summed E-state index contributed by atoms with van der Waals surface area (Å²) in [5, 5.41) is 11.7. The molecule has 0 radical (unpaired) electrons. The van der Waals surface area contributed by atoms with Crippen molar-refractivity contribution >= 4 is 103 Å². The van der Waals surface area contributed by atoms with Crippen molar-refractivity contribution in [2.24, 2.45) is 0 Å². The fourth-order valence-electron chi connectivity index (χ4n) is 2.76. The lowest BCUT2D eigenvalue weighted by atomic mass is 10.1. The summed E-state index contributed by atoms with van der Waals surface area (Å²) >= 11 is 5.27. The summed E-state index contributed by atoms with van der Waals surface area (Å²) in [6.45, 7) is 3.87. The molecule has 36 heavy (non-hydrogen) atoms. The lowest BCUT2D eigenvalue weighted by Gasteiger charge is -2.46. The SMILES string of the molecule is CC(=O)OCC(CN(C(C)=O)C(I)(OC(C)=O)C(I)(I)NC(=O)c1ccc(C(=O)O)cc1)OC(C)=O. The van der Waals surface area contributed by atoms with Gasteiger partial charge in [0.15, 0.2) is 6.10 Å².